The van der Waals surface area contributed by atoms with Crippen LogP contribution in [-0.2, 0) is 9.53 Å². The summed E-state index contributed by atoms with van der Waals surface area (Å²) in [6.07, 6.45) is 0. The van der Waals surface area contributed by atoms with Crippen LogP contribution in [0.5, 0.6) is 17.2 Å². The molecule has 0 unspecified atom stereocenters. The van der Waals surface area contributed by atoms with Gasteiger partial charge in [-0.1, -0.05) is 0 Å². The Kier molecular flexibility index (Phi) is 6.84. The predicted molar refractivity (Wildman–Crippen MR) is 96.1 cm³/mol. The van der Waals surface area contributed by atoms with Crippen molar-refractivity contribution in [3.63, 3.8) is 0 Å². The summed E-state index contributed by atoms with van der Waals surface area (Å²) in [7, 11) is 3.04. The van der Waals surface area contributed by atoms with Gasteiger partial charge in [-0.15, -0.1) is 0 Å². The monoisotopic (exact) mass is 359 g/mol. The van der Waals surface area contributed by atoms with Gasteiger partial charge in [-0.05, 0) is 49.4 Å². The average Bonchev–Trinajstić information content (AvgIpc) is 2.67. The summed E-state index contributed by atoms with van der Waals surface area (Å²) < 4.78 is 20.7. The zero-order valence-corrected chi connectivity index (χ0v) is 14.9. The van der Waals surface area contributed by atoms with Gasteiger partial charge in [0.1, 0.15) is 5.75 Å². The number of hydrogen-bond donors (Lipinski definition) is 1. The molecule has 0 aliphatic rings. The predicted octanol–water partition coefficient (Wildman–Crippen LogP) is 2.90. The molecule has 1 amide bonds. The molecular weight excluding hydrogens is 338 g/mol. The van der Waals surface area contributed by atoms with E-state index < -0.39 is 5.97 Å². The van der Waals surface area contributed by atoms with Crippen LogP contribution in [0.25, 0.3) is 0 Å². The smallest absolute Gasteiger partial charge is 0.338 e. The van der Waals surface area contributed by atoms with Crippen LogP contribution in [-0.4, -0.2) is 39.3 Å². The van der Waals surface area contributed by atoms with Crippen LogP contribution in [0.2, 0.25) is 0 Å². The molecule has 0 heterocycles. The molecule has 0 aromatic heterocycles. The van der Waals surface area contributed by atoms with Crippen molar-refractivity contribution in [3.8, 4) is 17.2 Å². The summed E-state index contributed by atoms with van der Waals surface area (Å²) in [6.45, 7) is 1.75. The average molecular weight is 359 g/mol. The number of benzene rings is 2. The number of rotatable bonds is 8. The van der Waals surface area contributed by atoms with Gasteiger partial charge in [0.25, 0.3) is 5.91 Å². The lowest BCUT2D eigenvalue weighted by Gasteiger charge is -2.12. The number of methoxy groups -OCH3 is 2. The first-order valence-electron chi connectivity index (χ1n) is 7.99. The third-order valence-electron chi connectivity index (χ3n) is 3.41. The summed E-state index contributed by atoms with van der Waals surface area (Å²) in [6, 6.07) is 11.6. The maximum absolute atomic E-state index is 12.1. The SMILES string of the molecule is CCOC(=O)c1ccc(OC)c(OCC(=O)Nc2ccc(OC)cc2)c1. The van der Waals surface area contributed by atoms with Crippen molar-refractivity contribution in [2.75, 3.05) is 32.8 Å². The molecule has 0 spiro atoms. The molecule has 0 aliphatic carbocycles. The number of amides is 1. The minimum Gasteiger partial charge on any atom is -0.497 e. The molecule has 2 aromatic rings. The van der Waals surface area contributed by atoms with Crippen LogP contribution < -0.4 is 19.5 Å². The van der Waals surface area contributed by atoms with Gasteiger partial charge in [0, 0.05) is 5.69 Å². The van der Waals surface area contributed by atoms with Gasteiger partial charge in [-0.2, -0.15) is 0 Å². The number of carbonyl (C=O) groups is 2. The van der Waals surface area contributed by atoms with Gasteiger partial charge >= 0.3 is 5.97 Å². The fraction of sp³-hybridized carbons (Fsp3) is 0.263. The lowest BCUT2D eigenvalue weighted by Crippen LogP contribution is -2.20. The van der Waals surface area contributed by atoms with Gasteiger partial charge in [0.15, 0.2) is 18.1 Å². The number of ether oxygens (including phenoxy) is 4. The molecular formula is C19H21NO6. The molecule has 138 valence electrons. The Hall–Kier alpha value is -3.22. The summed E-state index contributed by atoms with van der Waals surface area (Å²) in [5.74, 6) is 0.569. The second kappa shape index (κ2) is 9.31. The van der Waals surface area contributed by atoms with Gasteiger partial charge in [0.2, 0.25) is 0 Å². The normalized spacial score (nSPS) is 9.96. The van der Waals surface area contributed by atoms with Crippen molar-refractivity contribution in [1.82, 2.24) is 0 Å². The van der Waals surface area contributed by atoms with E-state index in [4.69, 9.17) is 18.9 Å². The van der Waals surface area contributed by atoms with Crippen molar-refractivity contribution >= 4 is 17.6 Å². The number of hydrogen-bond acceptors (Lipinski definition) is 6. The van der Waals surface area contributed by atoms with Gasteiger partial charge in [0.05, 0.1) is 26.4 Å². The van der Waals surface area contributed by atoms with Crippen molar-refractivity contribution in [3.05, 3.63) is 48.0 Å². The first kappa shape index (κ1) is 19.1. The van der Waals surface area contributed by atoms with E-state index in [0.29, 0.717) is 22.7 Å². The molecule has 0 radical (unpaired) electrons. The Labute approximate surface area is 151 Å². The molecule has 7 nitrogen and oxygen atoms in total. The molecule has 2 aromatic carbocycles. The molecule has 0 bridgehead atoms. The van der Waals surface area contributed by atoms with E-state index >= 15 is 0 Å². The second-order valence-electron chi connectivity index (χ2n) is 5.15. The number of nitrogens with one attached hydrogen (secondary N) is 1. The Bertz CT molecular complexity index is 757. The summed E-state index contributed by atoms with van der Waals surface area (Å²) >= 11 is 0. The quantitative estimate of drug-likeness (QED) is 0.730. The second-order valence-corrected chi connectivity index (χ2v) is 5.15. The van der Waals surface area contributed by atoms with E-state index in [9.17, 15) is 9.59 Å². The van der Waals surface area contributed by atoms with Crippen molar-refractivity contribution in [1.29, 1.82) is 0 Å². The fourth-order valence-electron chi connectivity index (χ4n) is 2.15. The van der Waals surface area contributed by atoms with Gasteiger partial charge in [-0.3, -0.25) is 4.79 Å². The van der Waals surface area contributed by atoms with E-state index in [-0.39, 0.29) is 24.9 Å². The van der Waals surface area contributed by atoms with E-state index in [1.54, 1.807) is 50.4 Å². The Morgan fingerprint density at radius 2 is 1.69 bits per heavy atom. The number of esters is 1. The van der Waals surface area contributed by atoms with Crippen LogP contribution in [0.4, 0.5) is 5.69 Å². The van der Waals surface area contributed by atoms with Crippen molar-refractivity contribution < 1.29 is 28.5 Å². The van der Waals surface area contributed by atoms with E-state index in [1.165, 1.54) is 13.2 Å². The highest BCUT2D eigenvalue weighted by Gasteiger charge is 2.13. The molecule has 1 N–H and O–H groups in total. The maximum Gasteiger partial charge on any atom is 0.338 e. The summed E-state index contributed by atoms with van der Waals surface area (Å²) in [5, 5.41) is 2.71. The lowest BCUT2D eigenvalue weighted by atomic mass is 10.2. The largest absolute Gasteiger partial charge is 0.497 e. The minimum atomic E-state index is -0.470. The Balaban J connectivity index is 2.01. The van der Waals surface area contributed by atoms with E-state index in [0.717, 1.165) is 0 Å². The van der Waals surface area contributed by atoms with Crippen LogP contribution in [0.1, 0.15) is 17.3 Å². The maximum atomic E-state index is 12.1. The molecule has 0 fully saturated rings. The Morgan fingerprint density at radius 3 is 2.31 bits per heavy atom. The first-order chi connectivity index (χ1) is 12.6. The summed E-state index contributed by atoms with van der Waals surface area (Å²) in [5.41, 5.74) is 0.935. The van der Waals surface area contributed by atoms with Crippen LogP contribution in [0, 0.1) is 0 Å². The van der Waals surface area contributed by atoms with Crippen molar-refractivity contribution in [2.45, 2.75) is 6.92 Å². The van der Waals surface area contributed by atoms with Crippen LogP contribution >= 0.6 is 0 Å². The fourth-order valence-corrected chi connectivity index (χ4v) is 2.15. The minimum absolute atomic E-state index is 0.241. The highest BCUT2D eigenvalue weighted by molar-refractivity contribution is 5.92. The zero-order valence-electron chi connectivity index (χ0n) is 14.9. The number of carbonyl (C=O) groups excluding carboxylic acids is 2. The van der Waals surface area contributed by atoms with E-state index in [2.05, 4.69) is 5.32 Å². The van der Waals surface area contributed by atoms with Gasteiger partial charge in [-0.25, -0.2) is 4.79 Å². The van der Waals surface area contributed by atoms with Crippen LogP contribution in [0.3, 0.4) is 0 Å². The van der Waals surface area contributed by atoms with Crippen LogP contribution in [0.15, 0.2) is 42.5 Å². The molecule has 26 heavy (non-hydrogen) atoms. The molecule has 0 atom stereocenters. The molecule has 0 saturated heterocycles. The highest BCUT2D eigenvalue weighted by atomic mass is 16.5. The van der Waals surface area contributed by atoms with Crippen molar-refractivity contribution in [2.24, 2.45) is 0 Å². The standard InChI is InChI=1S/C19H21NO6/c1-4-25-19(22)13-5-10-16(24-3)17(11-13)26-12-18(21)20-14-6-8-15(23-2)9-7-14/h5-11H,4,12H2,1-3H3,(H,20,21). The third kappa shape index (κ3) is 5.14. The number of anilines is 1. The lowest BCUT2D eigenvalue weighted by molar-refractivity contribution is -0.118. The highest BCUT2D eigenvalue weighted by Crippen LogP contribution is 2.28. The molecule has 7 heteroatoms. The summed E-state index contributed by atoms with van der Waals surface area (Å²) in [4.78, 5) is 23.9. The van der Waals surface area contributed by atoms with Gasteiger partial charge < -0.3 is 24.3 Å². The topological polar surface area (TPSA) is 83.1 Å². The van der Waals surface area contributed by atoms with E-state index in [1.807, 2.05) is 0 Å². The molecule has 2 rings (SSSR count). The Morgan fingerprint density at radius 1 is 0.962 bits per heavy atom. The molecule has 0 saturated carbocycles. The zero-order chi connectivity index (χ0) is 18.9. The first-order valence-corrected chi connectivity index (χ1v) is 7.99. The molecule has 0 aliphatic heterocycles. The third-order valence-corrected chi connectivity index (χ3v) is 3.41.